The molecule has 3 rings (SSSR count). The first-order valence-corrected chi connectivity index (χ1v) is 10.6. The van der Waals surface area contributed by atoms with E-state index in [0.717, 1.165) is 44.7 Å². The molecule has 1 fully saturated rings. The molecule has 0 unspecified atom stereocenters. The van der Waals surface area contributed by atoms with Crippen molar-refractivity contribution in [2.45, 2.75) is 40.0 Å². The summed E-state index contributed by atoms with van der Waals surface area (Å²) < 4.78 is 0. The summed E-state index contributed by atoms with van der Waals surface area (Å²) in [5, 5.41) is 12.4. The first-order chi connectivity index (χ1) is 14.4. The van der Waals surface area contributed by atoms with Crippen molar-refractivity contribution in [3.8, 4) is 0 Å². The summed E-state index contributed by atoms with van der Waals surface area (Å²) in [7, 11) is 0. The summed E-state index contributed by atoms with van der Waals surface area (Å²) in [5.74, 6) is -1.18. The minimum atomic E-state index is -1.03. The number of nitrogens with one attached hydrogen (secondary N) is 1. The molecular formula is C24H31N3O3. The van der Waals surface area contributed by atoms with E-state index in [1.165, 1.54) is 16.8 Å². The van der Waals surface area contributed by atoms with E-state index in [1.54, 1.807) is 12.1 Å². The van der Waals surface area contributed by atoms with Crippen molar-refractivity contribution >= 4 is 28.9 Å². The maximum absolute atomic E-state index is 12.0. The van der Waals surface area contributed by atoms with Crippen LogP contribution in [0.5, 0.6) is 0 Å². The van der Waals surface area contributed by atoms with Crippen LogP contribution in [-0.4, -0.2) is 43.2 Å². The van der Waals surface area contributed by atoms with E-state index in [1.807, 2.05) is 13.0 Å². The summed E-state index contributed by atoms with van der Waals surface area (Å²) in [5.41, 5.74) is 5.24. The van der Waals surface area contributed by atoms with E-state index >= 15 is 0 Å². The molecule has 1 aliphatic rings. The van der Waals surface area contributed by atoms with Gasteiger partial charge in [-0.25, -0.2) is 4.79 Å². The molecule has 0 aromatic heterocycles. The lowest BCUT2D eigenvalue weighted by atomic mass is 10.1. The van der Waals surface area contributed by atoms with Gasteiger partial charge in [-0.15, -0.1) is 0 Å². The molecule has 1 saturated heterocycles. The van der Waals surface area contributed by atoms with Crippen LogP contribution in [0.3, 0.4) is 0 Å². The van der Waals surface area contributed by atoms with Gasteiger partial charge in [0.15, 0.2) is 0 Å². The molecule has 30 heavy (non-hydrogen) atoms. The van der Waals surface area contributed by atoms with Crippen LogP contribution in [-0.2, 0) is 4.79 Å². The highest BCUT2D eigenvalue weighted by atomic mass is 16.4. The zero-order valence-corrected chi connectivity index (χ0v) is 18.1. The maximum atomic E-state index is 12.0. The van der Waals surface area contributed by atoms with Crippen LogP contribution in [0.1, 0.15) is 47.7 Å². The van der Waals surface area contributed by atoms with Gasteiger partial charge in [-0.3, -0.25) is 4.79 Å². The Bertz CT molecular complexity index is 918. The SMILES string of the molecule is CCCCC(=O)Nc1ccc(N2CCN(c3cccc(C)c3C)CC2)cc1C(=O)O. The van der Waals surface area contributed by atoms with Crippen LogP contribution in [0.4, 0.5) is 17.1 Å². The molecule has 1 heterocycles. The number of hydrogen-bond acceptors (Lipinski definition) is 4. The second-order valence-electron chi connectivity index (χ2n) is 7.88. The molecule has 2 N–H and O–H groups in total. The Morgan fingerprint density at radius 1 is 1.03 bits per heavy atom. The molecule has 0 spiro atoms. The number of rotatable bonds is 7. The number of aryl methyl sites for hydroxylation is 1. The Labute approximate surface area is 178 Å². The van der Waals surface area contributed by atoms with Gasteiger partial charge in [-0.2, -0.15) is 0 Å². The van der Waals surface area contributed by atoms with E-state index < -0.39 is 5.97 Å². The van der Waals surface area contributed by atoms with E-state index in [0.29, 0.717) is 12.1 Å². The average molecular weight is 410 g/mol. The quantitative estimate of drug-likeness (QED) is 0.706. The standard InChI is InChI=1S/C24H31N3O3/c1-4-5-9-23(28)25-21-11-10-19(16-20(21)24(29)30)26-12-14-27(15-13-26)22-8-6-7-17(2)18(22)3/h6-8,10-11,16H,4-5,9,12-15H2,1-3H3,(H,25,28)(H,29,30). The number of carbonyl (C=O) groups excluding carboxylic acids is 1. The van der Waals surface area contributed by atoms with Crippen molar-refractivity contribution in [1.29, 1.82) is 0 Å². The molecule has 6 nitrogen and oxygen atoms in total. The highest BCUT2D eigenvalue weighted by Gasteiger charge is 2.21. The van der Waals surface area contributed by atoms with Gasteiger partial charge in [0.05, 0.1) is 11.3 Å². The Kier molecular flexibility index (Phi) is 6.98. The largest absolute Gasteiger partial charge is 0.478 e. The van der Waals surface area contributed by atoms with Crippen molar-refractivity contribution in [2.75, 3.05) is 41.3 Å². The van der Waals surface area contributed by atoms with E-state index in [-0.39, 0.29) is 11.5 Å². The highest BCUT2D eigenvalue weighted by molar-refractivity contribution is 6.01. The molecule has 2 aromatic carbocycles. The van der Waals surface area contributed by atoms with Gasteiger partial charge >= 0.3 is 5.97 Å². The van der Waals surface area contributed by atoms with Crippen molar-refractivity contribution < 1.29 is 14.7 Å². The van der Waals surface area contributed by atoms with Crippen molar-refractivity contribution in [2.24, 2.45) is 0 Å². The minimum Gasteiger partial charge on any atom is -0.478 e. The first-order valence-electron chi connectivity index (χ1n) is 10.6. The third-order valence-electron chi connectivity index (χ3n) is 5.83. The number of benzene rings is 2. The summed E-state index contributed by atoms with van der Waals surface area (Å²) in [4.78, 5) is 28.4. The van der Waals surface area contributed by atoms with E-state index in [9.17, 15) is 14.7 Å². The molecule has 0 atom stereocenters. The fourth-order valence-corrected chi connectivity index (χ4v) is 3.85. The Morgan fingerprint density at radius 2 is 1.73 bits per heavy atom. The van der Waals surface area contributed by atoms with Gasteiger partial charge in [0.1, 0.15) is 0 Å². The number of anilines is 3. The molecule has 1 aliphatic heterocycles. The van der Waals surface area contributed by atoms with Gasteiger partial charge < -0.3 is 20.2 Å². The van der Waals surface area contributed by atoms with Crippen LogP contribution in [0.15, 0.2) is 36.4 Å². The lowest BCUT2D eigenvalue weighted by molar-refractivity contribution is -0.116. The molecule has 0 radical (unpaired) electrons. The Morgan fingerprint density at radius 3 is 2.40 bits per heavy atom. The molecule has 160 valence electrons. The van der Waals surface area contributed by atoms with Gasteiger partial charge in [0.2, 0.25) is 5.91 Å². The monoisotopic (exact) mass is 409 g/mol. The summed E-state index contributed by atoms with van der Waals surface area (Å²) in [6.45, 7) is 9.69. The normalized spacial score (nSPS) is 14.0. The van der Waals surface area contributed by atoms with Crippen LogP contribution in [0.25, 0.3) is 0 Å². The molecular weight excluding hydrogens is 378 g/mol. The second-order valence-corrected chi connectivity index (χ2v) is 7.88. The van der Waals surface area contributed by atoms with Crippen LogP contribution < -0.4 is 15.1 Å². The van der Waals surface area contributed by atoms with Crippen LogP contribution in [0, 0.1) is 13.8 Å². The lowest BCUT2D eigenvalue weighted by Gasteiger charge is -2.38. The fourth-order valence-electron chi connectivity index (χ4n) is 3.85. The number of carbonyl (C=O) groups is 2. The third-order valence-corrected chi connectivity index (χ3v) is 5.83. The number of amides is 1. The first kappa shape index (κ1) is 21.7. The highest BCUT2D eigenvalue weighted by Crippen LogP contribution is 2.28. The maximum Gasteiger partial charge on any atom is 0.337 e. The zero-order chi connectivity index (χ0) is 21.7. The number of piperazine rings is 1. The number of carboxylic acids is 1. The van der Waals surface area contributed by atoms with E-state index in [2.05, 4.69) is 47.2 Å². The lowest BCUT2D eigenvalue weighted by Crippen LogP contribution is -2.46. The molecule has 0 saturated carbocycles. The van der Waals surface area contributed by atoms with Crippen LogP contribution in [0.2, 0.25) is 0 Å². The molecule has 0 bridgehead atoms. The van der Waals surface area contributed by atoms with Crippen molar-refractivity contribution in [3.63, 3.8) is 0 Å². The minimum absolute atomic E-state index is 0.134. The van der Waals surface area contributed by atoms with Gasteiger partial charge in [0.25, 0.3) is 0 Å². The number of aromatic carboxylic acids is 1. The topological polar surface area (TPSA) is 72.9 Å². The average Bonchev–Trinajstić information content (AvgIpc) is 2.74. The molecule has 6 heteroatoms. The zero-order valence-electron chi connectivity index (χ0n) is 18.1. The number of nitrogens with zero attached hydrogens (tertiary/aromatic N) is 2. The van der Waals surface area contributed by atoms with Gasteiger partial charge in [-0.1, -0.05) is 25.5 Å². The molecule has 0 aliphatic carbocycles. The summed E-state index contributed by atoms with van der Waals surface area (Å²) >= 11 is 0. The van der Waals surface area contributed by atoms with Crippen molar-refractivity contribution in [3.05, 3.63) is 53.1 Å². The third kappa shape index (κ3) is 4.93. The molecule has 2 aromatic rings. The van der Waals surface area contributed by atoms with E-state index in [4.69, 9.17) is 0 Å². The summed E-state index contributed by atoms with van der Waals surface area (Å²) in [6.07, 6.45) is 2.11. The van der Waals surface area contributed by atoms with Crippen molar-refractivity contribution in [1.82, 2.24) is 0 Å². The van der Waals surface area contributed by atoms with Gasteiger partial charge in [0, 0.05) is 44.0 Å². The number of unbranched alkanes of at least 4 members (excludes halogenated alkanes) is 1. The number of hydrogen-bond donors (Lipinski definition) is 2. The Hall–Kier alpha value is -3.02. The summed E-state index contributed by atoms with van der Waals surface area (Å²) in [6, 6.07) is 11.7. The second kappa shape index (κ2) is 9.65. The number of carboxylic acid groups (broad SMARTS) is 1. The molecule has 1 amide bonds. The predicted molar refractivity (Wildman–Crippen MR) is 122 cm³/mol. The van der Waals surface area contributed by atoms with Crippen LogP contribution >= 0.6 is 0 Å². The van der Waals surface area contributed by atoms with Gasteiger partial charge in [-0.05, 0) is 55.7 Å². The fraction of sp³-hybridized carbons (Fsp3) is 0.417. The smallest absolute Gasteiger partial charge is 0.337 e. The predicted octanol–water partition coefficient (Wildman–Crippen LogP) is 4.46. The Balaban J connectivity index is 1.71.